The van der Waals surface area contributed by atoms with Crippen LogP contribution in [0.1, 0.15) is 21.7 Å². The zero-order chi connectivity index (χ0) is 26.6. The lowest BCUT2D eigenvalue weighted by Gasteiger charge is -2.28. The Kier molecular flexibility index (Phi) is 5.26. The maximum Gasteiger partial charge on any atom is 0.322 e. The maximum atomic E-state index is 13.2. The van der Waals surface area contributed by atoms with Gasteiger partial charge in [0, 0.05) is 50.2 Å². The first-order chi connectivity index (χ1) is 18.3. The average molecular weight is 514 g/mol. The van der Waals surface area contributed by atoms with Crippen LogP contribution in [0.3, 0.4) is 0 Å². The summed E-state index contributed by atoms with van der Waals surface area (Å²) in [6, 6.07) is 9.68. The number of fused-ring (bicyclic) bond motifs is 2. The van der Waals surface area contributed by atoms with Gasteiger partial charge in [0.25, 0.3) is 11.8 Å². The Hall–Kier alpha value is -5.00. The summed E-state index contributed by atoms with van der Waals surface area (Å²) in [7, 11) is 5.23. The van der Waals surface area contributed by atoms with Gasteiger partial charge in [0.05, 0.1) is 19.3 Å². The first-order valence-electron chi connectivity index (χ1n) is 11.8. The van der Waals surface area contributed by atoms with E-state index in [1.807, 2.05) is 20.2 Å². The molecule has 0 saturated carbocycles. The van der Waals surface area contributed by atoms with Crippen molar-refractivity contribution in [3.63, 3.8) is 0 Å². The number of ether oxygens (including phenoxy) is 1. The number of nitrogens with zero attached hydrogens (tertiary/aromatic N) is 5. The number of imide groups is 1. The predicted octanol–water partition coefficient (Wildman–Crippen LogP) is 2.05. The van der Waals surface area contributed by atoms with Gasteiger partial charge in [0.2, 0.25) is 5.95 Å². The summed E-state index contributed by atoms with van der Waals surface area (Å²) in [4.78, 5) is 55.3. The summed E-state index contributed by atoms with van der Waals surface area (Å²) >= 11 is 0. The fourth-order valence-corrected chi connectivity index (χ4v) is 4.72. The molecule has 3 aromatic heterocycles. The molecule has 192 valence electrons. The van der Waals surface area contributed by atoms with E-state index >= 15 is 0 Å². The average Bonchev–Trinajstić information content (AvgIpc) is 3.57. The van der Waals surface area contributed by atoms with Crippen LogP contribution in [0.4, 0.5) is 10.7 Å². The van der Waals surface area contributed by atoms with E-state index in [0.29, 0.717) is 39.6 Å². The van der Waals surface area contributed by atoms with Crippen molar-refractivity contribution in [2.75, 3.05) is 32.6 Å². The number of pyridine rings is 1. The third kappa shape index (κ3) is 3.69. The van der Waals surface area contributed by atoms with E-state index < -0.39 is 17.5 Å². The summed E-state index contributed by atoms with van der Waals surface area (Å²) in [6.07, 6.45) is 3.35. The molecule has 38 heavy (non-hydrogen) atoms. The highest BCUT2D eigenvalue weighted by atomic mass is 16.5. The number of nitrogens with one attached hydrogen (secondary N) is 2. The number of anilines is 1. The first-order valence-corrected chi connectivity index (χ1v) is 11.8. The Bertz CT molecular complexity index is 1610. The second-order valence-electron chi connectivity index (χ2n) is 9.35. The van der Waals surface area contributed by atoms with Gasteiger partial charge in [-0.3, -0.25) is 14.9 Å². The molecule has 2 aliphatic rings. The minimum Gasteiger partial charge on any atom is -0.497 e. The Morgan fingerprint density at radius 1 is 1.11 bits per heavy atom. The monoisotopic (exact) mass is 513 g/mol. The van der Waals surface area contributed by atoms with Gasteiger partial charge in [-0.25, -0.2) is 19.7 Å². The standard InChI is InChI=1S/C26H23N7O5/c1-32(2)24-27-10-15(11-28-24)18-6-7-20-19(29-18)9-21(38-20)26(23(35)30-25(36)31-26)13-33-12-14-4-5-16(37-3)8-17(14)22(33)34/h4-11H,12-13H2,1-3H3,(H2,30,31,35,36). The SMILES string of the molecule is COc1ccc2c(c1)C(=O)N(CC1(c3cc4nc(-c5cnc(N(C)C)nc5)ccc4o3)NC(=O)NC1=O)C2. The number of methoxy groups -OCH3 is 1. The number of furan rings is 1. The molecule has 0 radical (unpaired) electrons. The van der Waals surface area contributed by atoms with Crippen molar-refractivity contribution in [1.82, 2.24) is 30.5 Å². The highest BCUT2D eigenvalue weighted by Crippen LogP contribution is 2.35. The van der Waals surface area contributed by atoms with Gasteiger partial charge in [-0.2, -0.15) is 0 Å². The third-order valence-electron chi connectivity index (χ3n) is 6.69. The second-order valence-corrected chi connectivity index (χ2v) is 9.35. The van der Waals surface area contributed by atoms with Crippen LogP contribution in [0.15, 0.2) is 53.2 Å². The largest absolute Gasteiger partial charge is 0.497 e. The summed E-state index contributed by atoms with van der Waals surface area (Å²) in [5.74, 6) is 0.408. The van der Waals surface area contributed by atoms with Crippen molar-refractivity contribution in [3.8, 4) is 17.0 Å². The zero-order valence-electron chi connectivity index (χ0n) is 20.8. The number of hydrogen-bond donors (Lipinski definition) is 2. The van der Waals surface area contributed by atoms with Crippen LogP contribution in [0.5, 0.6) is 5.75 Å². The summed E-state index contributed by atoms with van der Waals surface area (Å²) in [6.45, 7) is 0.140. The Morgan fingerprint density at radius 3 is 2.58 bits per heavy atom. The van der Waals surface area contributed by atoms with E-state index in [2.05, 4.69) is 25.6 Å². The number of aromatic nitrogens is 3. The van der Waals surface area contributed by atoms with Gasteiger partial charge >= 0.3 is 6.03 Å². The van der Waals surface area contributed by atoms with E-state index in [-0.39, 0.29) is 24.8 Å². The third-order valence-corrected chi connectivity index (χ3v) is 6.69. The van der Waals surface area contributed by atoms with Gasteiger partial charge in [-0.05, 0) is 29.8 Å². The van der Waals surface area contributed by atoms with Gasteiger partial charge in [0.1, 0.15) is 17.0 Å². The fraction of sp³-hybridized carbons (Fsp3) is 0.231. The van der Waals surface area contributed by atoms with Crippen LogP contribution in [0.25, 0.3) is 22.4 Å². The molecule has 12 nitrogen and oxygen atoms in total. The molecule has 1 unspecified atom stereocenters. The van der Waals surface area contributed by atoms with E-state index in [1.54, 1.807) is 47.6 Å². The fourth-order valence-electron chi connectivity index (χ4n) is 4.72. The Balaban J connectivity index is 1.35. The molecule has 12 heteroatoms. The van der Waals surface area contributed by atoms with Crippen molar-refractivity contribution in [2.24, 2.45) is 0 Å². The Morgan fingerprint density at radius 2 is 1.89 bits per heavy atom. The van der Waals surface area contributed by atoms with Crippen LogP contribution in [-0.4, -0.2) is 65.4 Å². The van der Waals surface area contributed by atoms with Gasteiger partial charge < -0.3 is 24.3 Å². The van der Waals surface area contributed by atoms with Crippen molar-refractivity contribution >= 4 is 34.9 Å². The minimum absolute atomic E-state index is 0.132. The molecular weight excluding hydrogens is 490 g/mol. The lowest BCUT2D eigenvalue weighted by Crippen LogP contribution is -2.52. The predicted molar refractivity (Wildman–Crippen MR) is 135 cm³/mol. The maximum absolute atomic E-state index is 13.2. The quantitative estimate of drug-likeness (QED) is 0.370. The van der Waals surface area contributed by atoms with E-state index in [0.717, 1.165) is 5.56 Å². The molecule has 4 aromatic rings. The summed E-state index contributed by atoms with van der Waals surface area (Å²) in [5.41, 5.74) is 1.88. The lowest BCUT2D eigenvalue weighted by molar-refractivity contribution is -0.125. The smallest absolute Gasteiger partial charge is 0.322 e. The number of rotatable bonds is 6. The van der Waals surface area contributed by atoms with Crippen molar-refractivity contribution in [3.05, 3.63) is 65.7 Å². The van der Waals surface area contributed by atoms with Crippen LogP contribution in [0, 0.1) is 0 Å². The molecule has 0 spiro atoms. The van der Waals surface area contributed by atoms with Crippen LogP contribution in [0.2, 0.25) is 0 Å². The molecule has 2 N–H and O–H groups in total. The zero-order valence-corrected chi connectivity index (χ0v) is 20.8. The van der Waals surface area contributed by atoms with Gasteiger partial charge in [-0.15, -0.1) is 0 Å². The summed E-state index contributed by atoms with van der Waals surface area (Å²) in [5, 5.41) is 4.97. The molecule has 5 heterocycles. The number of carbonyl (C=O) groups excluding carboxylic acids is 3. The normalized spacial score (nSPS) is 18.5. The lowest BCUT2D eigenvalue weighted by atomic mass is 9.95. The summed E-state index contributed by atoms with van der Waals surface area (Å²) < 4.78 is 11.3. The van der Waals surface area contributed by atoms with Crippen LogP contribution in [-0.2, 0) is 16.9 Å². The van der Waals surface area contributed by atoms with E-state index in [4.69, 9.17) is 9.15 Å². The number of amides is 4. The number of urea groups is 1. The molecular formula is C26H23N7O5. The molecule has 1 saturated heterocycles. The van der Waals surface area contributed by atoms with Gasteiger partial charge in [-0.1, -0.05) is 6.07 Å². The molecule has 1 aromatic carbocycles. The highest BCUT2D eigenvalue weighted by molar-refractivity contribution is 6.08. The van der Waals surface area contributed by atoms with E-state index in [9.17, 15) is 14.4 Å². The molecule has 0 bridgehead atoms. The number of benzene rings is 1. The molecule has 0 aliphatic carbocycles. The highest BCUT2D eigenvalue weighted by Gasteiger charge is 2.53. The number of carbonyl (C=O) groups is 3. The molecule has 6 rings (SSSR count). The topological polar surface area (TPSA) is 143 Å². The molecule has 1 fully saturated rings. The van der Waals surface area contributed by atoms with Crippen molar-refractivity contribution in [2.45, 2.75) is 12.1 Å². The van der Waals surface area contributed by atoms with Crippen molar-refractivity contribution < 1.29 is 23.5 Å². The van der Waals surface area contributed by atoms with E-state index in [1.165, 1.54) is 12.0 Å². The molecule has 4 amide bonds. The van der Waals surface area contributed by atoms with Gasteiger partial charge in [0.15, 0.2) is 11.1 Å². The minimum atomic E-state index is -1.63. The van der Waals surface area contributed by atoms with Crippen molar-refractivity contribution in [1.29, 1.82) is 0 Å². The molecule has 2 aliphatic heterocycles. The molecule has 1 atom stereocenters. The van der Waals surface area contributed by atoms with Crippen LogP contribution < -0.4 is 20.3 Å². The Labute approximate surface area is 216 Å². The number of hydrogen-bond acceptors (Lipinski definition) is 9. The second kappa shape index (κ2) is 8.54. The first kappa shape index (κ1) is 23.4. The van der Waals surface area contributed by atoms with Crippen LogP contribution >= 0.6 is 0 Å².